The van der Waals surface area contributed by atoms with Gasteiger partial charge < -0.3 is 15.2 Å². The minimum Gasteiger partial charge on any atom is -0.394 e. The molecule has 1 fully saturated rings. The minimum atomic E-state index is -2.45. The van der Waals surface area contributed by atoms with E-state index in [9.17, 15) is 13.9 Å². The summed E-state index contributed by atoms with van der Waals surface area (Å²) in [6.45, 7) is 1.74. The van der Waals surface area contributed by atoms with Crippen LogP contribution in [0.15, 0.2) is 24.3 Å². The highest BCUT2D eigenvalue weighted by atomic mass is 19.3. The number of nitrogens with one attached hydrogen (secondary N) is 1. The molecular weight excluding hydrogens is 252 g/mol. The maximum absolute atomic E-state index is 12.6. The molecule has 0 saturated carbocycles. The number of ether oxygens (including phenoxy) is 1. The molecule has 0 bridgehead atoms. The lowest BCUT2D eigenvalue weighted by Gasteiger charge is -2.36. The number of benzene rings is 1. The van der Waals surface area contributed by atoms with E-state index in [1.54, 1.807) is 6.07 Å². The topological polar surface area (TPSA) is 41.5 Å². The van der Waals surface area contributed by atoms with Crippen molar-refractivity contribution in [3.8, 4) is 0 Å². The average Bonchev–Trinajstić information content (AvgIpc) is 2.46. The Bertz CT molecular complexity index is 406. The second-order valence-electron chi connectivity index (χ2n) is 4.95. The summed E-state index contributed by atoms with van der Waals surface area (Å²) in [4.78, 5) is 0. The maximum atomic E-state index is 12.6. The lowest BCUT2D eigenvalue weighted by atomic mass is 9.90. The Morgan fingerprint density at radius 2 is 2.05 bits per heavy atom. The average molecular weight is 271 g/mol. The first-order chi connectivity index (χ1) is 9.15. The van der Waals surface area contributed by atoms with E-state index in [1.807, 2.05) is 6.07 Å². The van der Waals surface area contributed by atoms with Gasteiger partial charge in [-0.25, -0.2) is 8.78 Å². The van der Waals surface area contributed by atoms with Gasteiger partial charge in [0.2, 0.25) is 0 Å². The summed E-state index contributed by atoms with van der Waals surface area (Å²) < 4.78 is 30.5. The maximum Gasteiger partial charge on any atom is 0.263 e. The van der Waals surface area contributed by atoms with Crippen LogP contribution < -0.4 is 5.32 Å². The standard InChI is InChI=1S/C14H19F2NO2/c15-13(16)12-3-1-2-11(8-12)9-17-14(10-18)4-6-19-7-5-14/h1-3,8,13,17-18H,4-7,9-10H2. The van der Waals surface area contributed by atoms with Gasteiger partial charge in [0.25, 0.3) is 6.43 Å². The number of aliphatic hydroxyl groups excluding tert-OH is 1. The molecule has 2 rings (SSSR count). The lowest BCUT2D eigenvalue weighted by molar-refractivity contribution is 0.0111. The minimum absolute atomic E-state index is 0.0318. The van der Waals surface area contributed by atoms with Crippen LogP contribution in [-0.2, 0) is 11.3 Å². The van der Waals surface area contributed by atoms with Gasteiger partial charge in [-0.05, 0) is 24.5 Å². The molecule has 1 saturated heterocycles. The molecule has 0 aliphatic carbocycles. The molecule has 2 N–H and O–H groups in total. The third-order valence-corrected chi connectivity index (χ3v) is 3.62. The number of aliphatic hydroxyl groups is 1. The Labute approximate surface area is 111 Å². The predicted octanol–water partition coefficient (Wildman–Crippen LogP) is 2.26. The van der Waals surface area contributed by atoms with Crippen LogP contribution in [0.25, 0.3) is 0 Å². The first kappa shape index (κ1) is 14.4. The number of alkyl halides is 2. The summed E-state index contributed by atoms with van der Waals surface area (Å²) in [6.07, 6.45) is -0.981. The van der Waals surface area contributed by atoms with Gasteiger partial charge in [-0.2, -0.15) is 0 Å². The van der Waals surface area contributed by atoms with Crippen molar-refractivity contribution >= 4 is 0 Å². The highest BCUT2D eigenvalue weighted by Crippen LogP contribution is 2.22. The summed E-state index contributed by atoms with van der Waals surface area (Å²) in [5, 5.41) is 12.8. The van der Waals surface area contributed by atoms with Crippen molar-refractivity contribution in [2.24, 2.45) is 0 Å². The third-order valence-electron chi connectivity index (χ3n) is 3.62. The van der Waals surface area contributed by atoms with E-state index >= 15 is 0 Å². The molecule has 1 aliphatic heterocycles. The van der Waals surface area contributed by atoms with Crippen LogP contribution in [-0.4, -0.2) is 30.5 Å². The SMILES string of the molecule is OCC1(NCc2cccc(C(F)F)c2)CCOCC1. The van der Waals surface area contributed by atoms with Gasteiger partial charge in [-0.3, -0.25) is 0 Å². The highest BCUT2D eigenvalue weighted by molar-refractivity contribution is 5.24. The summed E-state index contributed by atoms with van der Waals surface area (Å²) in [5.74, 6) is 0. The van der Waals surface area contributed by atoms with Crippen LogP contribution in [0.5, 0.6) is 0 Å². The molecule has 0 spiro atoms. The van der Waals surface area contributed by atoms with Gasteiger partial charge in [-0.15, -0.1) is 0 Å². The Hall–Kier alpha value is -1.04. The monoisotopic (exact) mass is 271 g/mol. The summed E-state index contributed by atoms with van der Waals surface area (Å²) >= 11 is 0. The quantitative estimate of drug-likeness (QED) is 0.863. The van der Waals surface area contributed by atoms with Crippen LogP contribution in [0.4, 0.5) is 8.78 Å². The molecule has 3 nitrogen and oxygen atoms in total. The van der Waals surface area contributed by atoms with E-state index < -0.39 is 6.43 Å². The molecular formula is C14H19F2NO2. The van der Waals surface area contributed by atoms with Gasteiger partial charge in [-0.1, -0.05) is 18.2 Å². The van der Waals surface area contributed by atoms with E-state index in [1.165, 1.54) is 12.1 Å². The van der Waals surface area contributed by atoms with E-state index in [2.05, 4.69) is 5.32 Å². The molecule has 5 heteroatoms. The second-order valence-corrected chi connectivity index (χ2v) is 4.95. The van der Waals surface area contributed by atoms with Crippen LogP contribution in [0.2, 0.25) is 0 Å². The fourth-order valence-corrected chi connectivity index (χ4v) is 2.28. The third kappa shape index (κ3) is 3.72. The summed E-state index contributed by atoms with van der Waals surface area (Å²) in [7, 11) is 0. The molecule has 106 valence electrons. The molecule has 0 unspecified atom stereocenters. The van der Waals surface area contributed by atoms with Crippen LogP contribution in [0.3, 0.4) is 0 Å². The molecule has 0 radical (unpaired) electrons. The van der Waals surface area contributed by atoms with Crippen molar-refractivity contribution in [3.63, 3.8) is 0 Å². The normalized spacial score (nSPS) is 18.7. The first-order valence-corrected chi connectivity index (χ1v) is 6.46. The number of hydrogen-bond acceptors (Lipinski definition) is 3. The molecule has 0 aromatic heterocycles. The van der Waals surface area contributed by atoms with Crippen molar-refractivity contribution < 1.29 is 18.6 Å². The predicted molar refractivity (Wildman–Crippen MR) is 68.1 cm³/mol. The van der Waals surface area contributed by atoms with Crippen LogP contribution in [0, 0.1) is 0 Å². The van der Waals surface area contributed by atoms with Gasteiger partial charge in [0.05, 0.1) is 6.61 Å². The van der Waals surface area contributed by atoms with Gasteiger partial charge in [0.1, 0.15) is 0 Å². The van der Waals surface area contributed by atoms with Crippen molar-refractivity contribution in [1.29, 1.82) is 0 Å². The number of rotatable bonds is 5. The molecule has 1 heterocycles. The van der Waals surface area contributed by atoms with Gasteiger partial charge in [0, 0.05) is 30.9 Å². The lowest BCUT2D eigenvalue weighted by Crippen LogP contribution is -2.51. The zero-order valence-corrected chi connectivity index (χ0v) is 10.7. The molecule has 1 aromatic rings. The Balaban J connectivity index is 1.99. The number of halogens is 2. The zero-order valence-electron chi connectivity index (χ0n) is 10.7. The molecule has 1 aliphatic rings. The molecule has 0 atom stereocenters. The van der Waals surface area contributed by atoms with Crippen molar-refractivity contribution in [3.05, 3.63) is 35.4 Å². The zero-order chi connectivity index (χ0) is 13.7. The van der Waals surface area contributed by atoms with Crippen LogP contribution >= 0.6 is 0 Å². The Morgan fingerprint density at radius 3 is 2.68 bits per heavy atom. The van der Waals surface area contributed by atoms with E-state index in [0.29, 0.717) is 19.8 Å². The fraction of sp³-hybridized carbons (Fsp3) is 0.571. The molecule has 19 heavy (non-hydrogen) atoms. The molecule has 1 aromatic carbocycles. The molecule has 0 amide bonds. The van der Waals surface area contributed by atoms with E-state index in [0.717, 1.165) is 18.4 Å². The first-order valence-electron chi connectivity index (χ1n) is 6.46. The van der Waals surface area contributed by atoms with Crippen molar-refractivity contribution in [1.82, 2.24) is 5.32 Å². The van der Waals surface area contributed by atoms with Crippen molar-refractivity contribution in [2.75, 3.05) is 19.8 Å². The van der Waals surface area contributed by atoms with E-state index in [-0.39, 0.29) is 17.7 Å². The Morgan fingerprint density at radius 1 is 1.32 bits per heavy atom. The van der Waals surface area contributed by atoms with Crippen molar-refractivity contribution in [2.45, 2.75) is 31.4 Å². The van der Waals surface area contributed by atoms with Crippen LogP contribution in [0.1, 0.15) is 30.4 Å². The summed E-state index contributed by atoms with van der Waals surface area (Å²) in [5.41, 5.74) is 0.487. The van der Waals surface area contributed by atoms with Gasteiger partial charge in [0.15, 0.2) is 0 Å². The Kier molecular flexibility index (Phi) is 4.85. The second kappa shape index (κ2) is 6.41. The van der Waals surface area contributed by atoms with E-state index in [4.69, 9.17) is 4.74 Å². The smallest absolute Gasteiger partial charge is 0.263 e. The fourth-order valence-electron chi connectivity index (χ4n) is 2.28. The number of hydrogen-bond donors (Lipinski definition) is 2. The summed E-state index contributed by atoms with van der Waals surface area (Å²) in [6, 6.07) is 6.36. The van der Waals surface area contributed by atoms with Gasteiger partial charge >= 0.3 is 0 Å². The largest absolute Gasteiger partial charge is 0.394 e. The highest BCUT2D eigenvalue weighted by Gasteiger charge is 2.31.